The van der Waals surface area contributed by atoms with Gasteiger partial charge in [-0.3, -0.25) is 0 Å². The average Bonchev–Trinajstić information content (AvgIpc) is 2.82. The molecule has 1 aromatic rings. The van der Waals surface area contributed by atoms with E-state index in [1.807, 2.05) is 19.1 Å². The summed E-state index contributed by atoms with van der Waals surface area (Å²) in [5, 5.41) is 9.34. The molecular formula is C14H17NO2S. The van der Waals surface area contributed by atoms with E-state index in [1.54, 1.807) is 13.0 Å². The summed E-state index contributed by atoms with van der Waals surface area (Å²) in [4.78, 5) is 0.325. The molecule has 0 unspecified atom stereocenters. The first-order valence-electron chi connectivity index (χ1n) is 6.16. The Balaban J connectivity index is 2.62. The van der Waals surface area contributed by atoms with E-state index >= 15 is 0 Å². The van der Waals surface area contributed by atoms with Gasteiger partial charge >= 0.3 is 0 Å². The molecular weight excluding hydrogens is 246 g/mol. The third-order valence-corrected chi connectivity index (χ3v) is 6.31. The Labute approximate surface area is 108 Å². The van der Waals surface area contributed by atoms with Crippen LogP contribution in [0.1, 0.15) is 36.8 Å². The van der Waals surface area contributed by atoms with Crippen LogP contribution in [0.2, 0.25) is 0 Å². The SMILES string of the molecule is Cc1ccc(C)c(S(=O)(=O)C2(C#N)CCCC2)c1. The minimum Gasteiger partial charge on any atom is -0.222 e. The van der Waals surface area contributed by atoms with Crippen LogP contribution < -0.4 is 0 Å². The molecule has 18 heavy (non-hydrogen) atoms. The zero-order valence-electron chi connectivity index (χ0n) is 10.7. The smallest absolute Gasteiger partial charge is 0.197 e. The molecule has 4 heteroatoms. The topological polar surface area (TPSA) is 57.9 Å². The van der Waals surface area contributed by atoms with E-state index in [0.29, 0.717) is 17.7 Å². The van der Waals surface area contributed by atoms with Gasteiger partial charge in [-0.15, -0.1) is 0 Å². The fourth-order valence-corrected chi connectivity index (χ4v) is 4.79. The molecule has 3 nitrogen and oxygen atoms in total. The lowest BCUT2D eigenvalue weighted by Gasteiger charge is -2.22. The standard InChI is InChI=1S/C14H17NO2S/c1-11-5-6-12(2)13(9-11)18(16,17)14(10-15)7-3-4-8-14/h5-6,9H,3-4,7-8H2,1-2H3. The molecule has 0 amide bonds. The second kappa shape index (κ2) is 4.40. The average molecular weight is 263 g/mol. The lowest BCUT2D eigenvalue weighted by Crippen LogP contribution is -2.34. The largest absolute Gasteiger partial charge is 0.222 e. The van der Waals surface area contributed by atoms with Gasteiger partial charge in [-0.25, -0.2) is 8.42 Å². The van der Waals surface area contributed by atoms with Crippen molar-refractivity contribution < 1.29 is 8.42 Å². The lowest BCUT2D eigenvalue weighted by atomic mass is 10.1. The molecule has 0 spiro atoms. The molecule has 96 valence electrons. The van der Waals surface area contributed by atoms with Gasteiger partial charge in [-0.1, -0.05) is 25.0 Å². The number of benzene rings is 1. The maximum absolute atomic E-state index is 12.7. The van der Waals surface area contributed by atoms with Crippen molar-refractivity contribution in [2.24, 2.45) is 0 Å². The number of nitriles is 1. The van der Waals surface area contributed by atoms with E-state index in [4.69, 9.17) is 0 Å². The zero-order chi connectivity index (χ0) is 13.4. The van der Waals surface area contributed by atoms with E-state index in [2.05, 4.69) is 6.07 Å². The number of aryl methyl sites for hydroxylation is 2. The molecule has 0 radical (unpaired) electrons. The molecule has 0 bridgehead atoms. The van der Waals surface area contributed by atoms with Gasteiger partial charge in [0.2, 0.25) is 0 Å². The van der Waals surface area contributed by atoms with Crippen molar-refractivity contribution in [1.82, 2.24) is 0 Å². The highest BCUT2D eigenvalue weighted by Crippen LogP contribution is 2.40. The molecule has 1 aliphatic carbocycles. The molecule has 1 saturated carbocycles. The van der Waals surface area contributed by atoms with Gasteiger partial charge in [0.15, 0.2) is 14.6 Å². The van der Waals surface area contributed by atoms with Crippen LogP contribution in [-0.2, 0) is 9.84 Å². The molecule has 1 aliphatic rings. The minimum atomic E-state index is -3.56. The second-order valence-corrected chi connectivity index (χ2v) is 7.31. The predicted octanol–water partition coefficient (Wildman–Crippen LogP) is 2.91. The van der Waals surface area contributed by atoms with Crippen LogP contribution >= 0.6 is 0 Å². The maximum atomic E-state index is 12.7. The number of sulfone groups is 1. The number of hydrogen-bond donors (Lipinski definition) is 0. The number of hydrogen-bond acceptors (Lipinski definition) is 3. The zero-order valence-corrected chi connectivity index (χ0v) is 11.5. The summed E-state index contributed by atoms with van der Waals surface area (Å²) in [6, 6.07) is 7.46. The summed E-state index contributed by atoms with van der Waals surface area (Å²) in [6.07, 6.45) is 2.55. The third-order valence-electron chi connectivity index (χ3n) is 3.76. The lowest BCUT2D eigenvalue weighted by molar-refractivity contribution is 0.557. The number of rotatable bonds is 2. The van der Waals surface area contributed by atoms with Crippen molar-refractivity contribution in [2.45, 2.75) is 49.2 Å². The van der Waals surface area contributed by atoms with E-state index in [1.165, 1.54) is 0 Å². The number of nitrogens with zero attached hydrogens (tertiary/aromatic N) is 1. The minimum absolute atomic E-state index is 0.325. The van der Waals surface area contributed by atoms with Crippen molar-refractivity contribution in [3.05, 3.63) is 29.3 Å². The summed E-state index contributed by atoms with van der Waals surface area (Å²) in [5.74, 6) is 0. The highest BCUT2D eigenvalue weighted by Gasteiger charge is 2.47. The second-order valence-electron chi connectivity index (χ2n) is 5.09. The van der Waals surface area contributed by atoms with E-state index in [-0.39, 0.29) is 0 Å². The quantitative estimate of drug-likeness (QED) is 0.824. The van der Waals surface area contributed by atoms with Gasteiger partial charge in [0.1, 0.15) is 0 Å². The maximum Gasteiger partial charge on any atom is 0.197 e. The van der Waals surface area contributed by atoms with Crippen molar-refractivity contribution in [3.63, 3.8) is 0 Å². The van der Waals surface area contributed by atoms with Gasteiger partial charge in [0, 0.05) is 0 Å². The first-order chi connectivity index (χ1) is 8.43. The Morgan fingerprint density at radius 2 is 1.83 bits per heavy atom. The molecule has 0 N–H and O–H groups in total. The summed E-state index contributed by atoms with van der Waals surface area (Å²) < 4.78 is 24.3. The van der Waals surface area contributed by atoms with Crippen LogP contribution in [0, 0.1) is 25.2 Å². The van der Waals surface area contributed by atoms with Crippen molar-refractivity contribution in [2.75, 3.05) is 0 Å². The Bertz CT molecular complexity index is 605. The van der Waals surface area contributed by atoms with Crippen LogP contribution in [0.3, 0.4) is 0 Å². The summed E-state index contributed by atoms with van der Waals surface area (Å²) in [7, 11) is -3.56. The van der Waals surface area contributed by atoms with Crippen LogP contribution in [0.25, 0.3) is 0 Å². The van der Waals surface area contributed by atoms with E-state index in [0.717, 1.165) is 24.0 Å². The predicted molar refractivity (Wildman–Crippen MR) is 69.9 cm³/mol. The highest BCUT2D eigenvalue weighted by atomic mass is 32.2. The summed E-state index contributed by atoms with van der Waals surface area (Å²) in [5.41, 5.74) is 1.63. The summed E-state index contributed by atoms with van der Waals surface area (Å²) in [6.45, 7) is 3.65. The Morgan fingerprint density at radius 1 is 1.22 bits per heavy atom. The van der Waals surface area contributed by atoms with Crippen LogP contribution in [0.4, 0.5) is 0 Å². The molecule has 0 saturated heterocycles. The molecule has 0 aromatic heterocycles. The Hall–Kier alpha value is -1.34. The van der Waals surface area contributed by atoms with Gasteiger partial charge in [-0.05, 0) is 43.9 Å². The van der Waals surface area contributed by atoms with Gasteiger partial charge in [-0.2, -0.15) is 5.26 Å². The molecule has 2 rings (SSSR count). The van der Waals surface area contributed by atoms with Crippen LogP contribution in [0.5, 0.6) is 0 Å². The fourth-order valence-electron chi connectivity index (χ4n) is 2.59. The van der Waals surface area contributed by atoms with E-state index in [9.17, 15) is 13.7 Å². The van der Waals surface area contributed by atoms with Crippen molar-refractivity contribution in [1.29, 1.82) is 5.26 Å². The van der Waals surface area contributed by atoms with Gasteiger partial charge in [0.05, 0.1) is 11.0 Å². The highest BCUT2D eigenvalue weighted by molar-refractivity contribution is 7.93. The summed E-state index contributed by atoms with van der Waals surface area (Å²) >= 11 is 0. The molecule has 1 aromatic carbocycles. The molecule has 0 heterocycles. The van der Waals surface area contributed by atoms with E-state index < -0.39 is 14.6 Å². The molecule has 0 aliphatic heterocycles. The van der Waals surface area contributed by atoms with Gasteiger partial charge < -0.3 is 0 Å². The first kappa shape index (κ1) is 13.1. The van der Waals surface area contributed by atoms with Crippen LogP contribution in [0.15, 0.2) is 23.1 Å². The van der Waals surface area contributed by atoms with Crippen molar-refractivity contribution in [3.8, 4) is 6.07 Å². The monoisotopic (exact) mass is 263 g/mol. The van der Waals surface area contributed by atoms with Gasteiger partial charge in [0.25, 0.3) is 0 Å². The van der Waals surface area contributed by atoms with Crippen LogP contribution in [-0.4, -0.2) is 13.2 Å². The Morgan fingerprint density at radius 3 is 2.39 bits per heavy atom. The third kappa shape index (κ3) is 1.83. The Kier molecular flexibility index (Phi) is 3.20. The van der Waals surface area contributed by atoms with Crippen molar-refractivity contribution >= 4 is 9.84 Å². The molecule has 1 fully saturated rings. The first-order valence-corrected chi connectivity index (χ1v) is 7.64. The molecule has 0 atom stereocenters. The normalized spacial score (nSPS) is 18.5. The fraction of sp³-hybridized carbons (Fsp3) is 0.500.